The molecular weight excluding hydrogens is 304 g/mol. The maximum absolute atomic E-state index is 5.98. The van der Waals surface area contributed by atoms with Crippen LogP contribution in [0.1, 0.15) is 17.0 Å². The Balaban J connectivity index is 2.57. The SMILES string of the molecule is Cc1nn(-c2cc(CN)c(Cl)cn2)c(C)c1Br. The maximum atomic E-state index is 5.98. The van der Waals surface area contributed by atoms with Gasteiger partial charge in [-0.15, -0.1) is 0 Å². The second-order valence-electron chi connectivity index (χ2n) is 3.73. The second kappa shape index (κ2) is 4.76. The van der Waals surface area contributed by atoms with Crippen molar-refractivity contribution in [2.45, 2.75) is 20.4 Å². The van der Waals surface area contributed by atoms with E-state index in [2.05, 4.69) is 26.0 Å². The lowest BCUT2D eigenvalue weighted by Gasteiger charge is -2.06. The molecule has 17 heavy (non-hydrogen) atoms. The van der Waals surface area contributed by atoms with E-state index in [-0.39, 0.29) is 0 Å². The van der Waals surface area contributed by atoms with Gasteiger partial charge in [0.2, 0.25) is 0 Å². The van der Waals surface area contributed by atoms with Crippen molar-refractivity contribution in [3.63, 3.8) is 0 Å². The van der Waals surface area contributed by atoms with E-state index in [1.54, 1.807) is 10.9 Å². The van der Waals surface area contributed by atoms with Gasteiger partial charge < -0.3 is 5.73 Å². The fraction of sp³-hybridized carbons (Fsp3) is 0.273. The van der Waals surface area contributed by atoms with Gasteiger partial charge in [-0.25, -0.2) is 9.67 Å². The summed E-state index contributed by atoms with van der Waals surface area (Å²) < 4.78 is 2.76. The summed E-state index contributed by atoms with van der Waals surface area (Å²) in [6.45, 7) is 4.30. The second-order valence-corrected chi connectivity index (χ2v) is 4.93. The maximum Gasteiger partial charge on any atom is 0.154 e. The van der Waals surface area contributed by atoms with Gasteiger partial charge in [0.05, 0.1) is 20.9 Å². The molecule has 0 radical (unpaired) electrons. The predicted molar refractivity (Wildman–Crippen MR) is 71.4 cm³/mol. The number of aromatic nitrogens is 3. The lowest BCUT2D eigenvalue weighted by molar-refractivity contribution is 0.802. The van der Waals surface area contributed by atoms with E-state index in [4.69, 9.17) is 17.3 Å². The molecule has 0 bridgehead atoms. The molecule has 0 amide bonds. The van der Waals surface area contributed by atoms with E-state index in [0.717, 1.165) is 27.2 Å². The van der Waals surface area contributed by atoms with Crippen LogP contribution in [0.5, 0.6) is 0 Å². The fourth-order valence-corrected chi connectivity index (χ4v) is 2.01. The van der Waals surface area contributed by atoms with Crippen molar-refractivity contribution in [3.8, 4) is 5.82 Å². The number of pyridine rings is 1. The minimum atomic E-state index is 0.384. The standard InChI is InChI=1S/C11H12BrClN4/c1-6-11(12)7(2)17(16-6)10-3-8(4-14)9(13)5-15-10/h3,5H,4,14H2,1-2H3. The van der Waals surface area contributed by atoms with Crippen LogP contribution in [-0.2, 0) is 6.54 Å². The summed E-state index contributed by atoms with van der Waals surface area (Å²) in [7, 11) is 0. The molecule has 0 saturated heterocycles. The summed E-state index contributed by atoms with van der Waals surface area (Å²) in [6.07, 6.45) is 1.60. The largest absolute Gasteiger partial charge is 0.326 e. The molecule has 0 aliphatic heterocycles. The number of aryl methyl sites for hydroxylation is 1. The van der Waals surface area contributed by atoms with E-state index >= 15 is 0 Å². The van der Waals surface area contributed by atoms with Crippen LogP contribution >= 0.6 is 27.5 Å². The van der Waals surface area contributed by atoms with E-state index in [1.807, 2.05) is 19.9 Å². The Bertz CT molecular complexity index is 565. The zero-order chi connectivity index (χ0) is 12.6. The molecule has 4 nitrogen and oxygen atoms in total. The molecule has 0 aliphatic carbocycles. The zero-order valence-electron chi connectivity index (χ0n) is 9.54. The number of nitrogens with two attached hydrogens (primary N) is 1. The molecule has 0 aromatic carbocycles. The van der Waals surface area contributed by atoms with Crippen LogP contribution in [0.2, 0.25) is 5.02 Å². The summed E-state index contributed by atoms with van der Waals surface area (Å²) in [5, 5.41) is 4.99. The Hall–Kier alpha value is -0.910. The van der Waals surface area contributed by atoms with Gasteiger partial charge in [-0.1, -0.05) is 11.6 Å². The molecule has 2 heterocycles. The smallest absolute Gasteiger partial charge is 0.154 e. The summed E-state index contributed by atoms with van der Waals surface area (Å²) in [6, 6.07) is 1.86. The van der Waals surface area contributed by atoms with E-state index in [1.165, 1.54) is 0 Å². The van der Waals surface area contributed by atoms with Crippen LogP contribution < -0.4 is 5.73 Å². The Morgan fingerprint density at radius 3 is 2.71 bits per heavy atom. The normalized spacial score (nSPS) is 10.9. The molecule has 0 unspecified atom stereocenters. The molecule has 2 aromatic rings. The van der Waals surface area contributed by atoms with Crippen LogP contribution in [0.25, 0.3) is 5.82 Å². The molecule has 2 rings (SSSR count). The Morgan fingerprint density at radius 2 is 2.18 bits per heavy atom. The first-order valence-electron chi connectivity index (χ1n) is 5.11. The highest BCUT2D eigenvalue weighted by molar-refractivity contribution is 9.10. The molecule has 0 spiro atoms. The van der Waals surface area contributed by atoms with Crippen molar-refractivity contribution in [2.24, 2.45) is 5.73 Å². The van der Waals surface area contributed by atoms with Crippen molar-refractivity contribution in [2.75, 3.05) is 0 Å². The third-order valence-electron chi connectivity index (χ3n) is 2.56. The molecule has 90 valence electrons. The summed E-state index contributed by atoms with van der Waals surface area (Å²) in [5.41, 5.74) is 8.41. The molecule has 2 N–H and O–H groups in total. The van der Waals surface area contributed by atoms with Crippen LogP contribution in [0.3, 0.4) is 0 Å². The zero-order valence-corrected chi connectivity index (χ0v) is 11.9. The van der Waals surface area contributed by atoms with Gasteiger partial charge in [0.15, 0.2) is 5.82 Å². The number of rotatable bonds is 2. The number of hydrogen-bond donors (Lipinski definition) is 1. The first-order chi connectivity index (χ1) is 8.04. The Morgan fingerprint density at radius 1 is 1.47 bits per heavy atom. The third-order valence-corrected chi connectivity index (χ3v) is 4.05. The third kappa shape index (κ3) is 2.22. The minimum Gasteiger partial charge on any atom is -0.326 e. The predicted octanol–water partition coefficient (Wildman–Crippen LogP) is 2.76. The lowest BCUT2D eigenvalue weighted by Crippen LogP contribution is -2.05. The number of nitrogens with zero attached hydrogens (tertiary/aromatic N) is 3. The van der Waals surface area contributed by atoms with Crippen molar-refractivity contribution < 1.29 is 0 Å². The molecule has 0 saturated carbocycles. The van der Waals surface area contributed by atoms with Crippen molar-refractivity contribution in [1.82, 2.24) is 14.8 Å². The van der Waals surface area contributed by atoms with Crippen LogP contribution in [0.15, 0.2) is 16.7 Å². The van der Waals surface area contributed by atoms with Gasteiger partial charge in [0.1, 0.15) is 0 Å². The molecule has 2 aromatic heterocycles. The van der Waals surface area contributed by atoms with Crippen LogP contribution in [0, 0.1) is 13.8 Å². The quantitative estimate of drug-likeness (QED) is 0.927. The van der Waals surface area contributed by atoms with Gasteiger partial charge in [-0.2, -0.15) is 5.10 Å². The Kier molecular flexibility index (Phi) is 3.51. The van der Waals surface area contributed by atoms with Crippen LogP contribution in [-0.4, -0.2) is 14.8 Å². The average Bonchev–Trinajstić information content (AvgIpc) is 2.58. The van der Waals surface area contributed by atoms with E-state index in [0.29, 0.717) is 11.6 Å². The topological polar surface area (TPSA) is 56.7 Å². The molecule has 0 atom stereocenters. The van der Waals surface area contributed by atoms with Crippen molar-refractivity contribution in [1.29, 1.82) is 0 Å². The molecule has 0 fully saturated rings. The van der Waals surface area contributed by atoms with E-state index < -0.39 is 0 Å². The minimum absolute atomic E-state index is 0.384. The van der Waals surface area contributed by atoms with Gasteiger partial charge in [0.25, 0.3) is 0 Å². The number of halogens is 2. The average molecular weight is 316 g/mol. The first-order valence-corrected chi connectivity index (χ1v) is 6.28. The Labute approximate surface area is 113 Å². The van der Waals surface area contributed by atoms with E-state index in [9.17, 15) is 0 Å². The van der Waals surface area contributed by atoms with Crippen molar-refractivity contribution >= 4 is 27.5 Å². The summed E-state index contributed by atoms with van der Waals surface area (Å²) in [5.74, 6) is 0.723. The summed E-state index contributed by atoms with van der Waals surface area (Å²) >= 11 is 9.46. The van der Waals surface area contributed by atoms with Gasteiger partial charge in [-0.05, 0) is 41.4 Å². The fourth-order valence-electron chi connectivity index (χ4n) is 1.59. The van der Waals surface area contributed by atoms with Crippen molar-refractivity contribution in [3.05, 3.63) is 38.7 Å². The lowest BCUT2D eigenvalue weighted by atomic mass is 10.2. The highest BCUT2D eigenvalue weighted by Gasteiger charge is 2.12. The van der Waals surface area contributed by atoms with Crippen LogP contribution in [0.4, 0.5) is 0 Å². The molecular formula is C11H12BrClN4. The van der Waals surface area contributed by atoms with Gasteiger partial charge >= 0.3 is 0 Å². The molecule has 0 aliphatic rings. The first kappa shape index (κ1) is 12.5. The highest BCUT2D eigenvalue weighted by Crippen LogP contribution is 2.23. The monoisotopic (exact) mass is 314 g/mol. The molecule has 6 heteroatoms. The van der Waals surface area contributed by atoms with Gasteiger partial charge in [-0.3, -0.25) is 0 Å². The number of hydrogen-bond acceptors (Lipinski definition) is 3. The highest BCUT2D eigenvalue weighted by atomic mass is 79.9. The van der Waals surface area contributed by atoms with Gasteiger partial charge in [0, 0.05) is 12.7 Å². The summed E-state index contributed by atoms with van der Waals surface area (Å²) in [4.78, 5) is 4.26.